The van der Waals surface area contributed by atoms with E-state index in [2.05, 4.69) is 15.6 Å². The number of benzene rings is 1. The Morgan fingerprint density at radius 1 is 1.25 bits per heavy atom. The Hall–Kier alpha value is -2.69. The molecule has 1 aliphatic heterocycles. The van der Waals surface area contributed by atoms with Crippen LogP contribution in [0.15, 0.2) is 39.8 Å². The molecule has 1 aromatic carbocycles. The van der Waals surface area contributed by atoms with Crippen LogP contribution in [0.1, 0.15) is 30.0 Å². The summed E-state index contributed by atoms with van der Waals surface area (Å²) >= 11 is 6.10. The number of amides is 1. The Balaban J connectivity index is 1.54. The number of halogens is 1. The van der Waals surface area contributed by atoms with Gasteiger partial charge in [-0.3, -0.25) is 4.79 Å². The quantitative estimate of drug-likeness (QED) is 0.602. The lowest BCUT2D eigenvalue weighted by molar-refractivity contribution is -0.120. The molecule has 1 fully saturated rings. The van der Waals surface area contributed by atoms with Gasteiger partial charge in [-0.25, -0.2) is 13.1 Å². The first kappa shape index (κ1) is 22.5. The first-order valence-corrected chi connectivity index (χ1v) is 12.0. The van der Waals surface area contributed by atoms with E-state index in [1.807, 2.05) is 13.0 Å². The second-order valence-electron chi connectivity index (χ2n) is 7.91. The largest absolute Gasteiger partial charge is 0.360 e. The number of hydrogen-bond acceptors (Lipinski definition) is 6. The molecule has 0 radical (unpaired) electrons. The number of hydrogen-bond donors (Lipinski definition) is 1. The molecule has 4 rings (SSSR count). The molecule has 0 bridgehead atoms. The van der Waals surface area contributed by atoms with Gasteiger partial charge in [-0.1, -0.05) is 22.8 Å². The molecule has 1 atom stereocenters. The smallest absolute Gasteiger partial charge is 0.248 e. The van der Waals surface area contributed by atoms with Gasteiger partial charge >= 0.3 is 0 Å². The molecule has 2 aromatic heterocycles. The number of sulfonamides is 1. The summed E-state index contributed by atoms with van der Waals surface area (Å²) in [5.41, 5.74) is 1.76. The summed E-state index contributed by atoms with van der Waals surface area (Å²) in [5.74, 6) is -0.00991. The number of piperidine rings is 1. The summed E-state index contributed by atoms with van der Waals surface area (Å²) in [6.45, 7) is 5.42. The summed E-state index contributed by atoms with van der Waals surface area (Å²) < 4.78 is 34.3. The minimum absolute atomic E-state index is 0.0771. The van der Waals surface area contributed by atoms with Crippen LogP contribution in [0.2, 0.25) is 5.02 Å². The Labute approximate surface area is 191 Å². The first-order chi connectivity index (χ1) is 15.2. The van der Waals surface area contributed by atoms with E-state index in [4.69, 9.17) is 16.1 Å². The Morgan fingerprint density at radius 2 is 2.03 bits per heavy atom. The number of carbonyl (C=O) groups excluding carboxylic acids is 1. The highest BCUT2D eigenvalue weighted by Crippen LogP contribution is 2.29. The van der Waals surface area contributed by atoms with Crippen molar-refractivity contribution in [1.82, 2.24) is 19.2 Å². The van der Waals surface area contributed by atoms with Crippen LogP contribution in [0, 0.1) is 26.7 Å². The van der Waals surface area contributed by atoms with Crippen molar-refractivity contribution in [3.63, 3.8) is 0 Å². The highest BCUT2D eigenvalue weighted by Gasteiger charge is 2.36. The van der Waals surface area contributed by atoms with Gasteiger partial charge in [0.2, 0.25) is 15.9 Å². The number of aromatic nitrogens is 3. The van der Waals surface area contributed by atoms with Gasteiger partial charge in [0, 0.05) is 24.2 Å². The average Bonchev–Trinajstić information content (AvgIpc) is 3.29. The number of nitrogens with zero attached hydrogens (tertiary/aromatic N) is 4. The molecule has 1 amide bonds. The van der Waals surface area contributed by atoms with Crippen LogP contribution in [0.25, 0.3) is 5.69 Å². The lowest BCUT2D eigenvalue weighted by Crippen LogP contribution is -2.44. The third-order valence-electron chi connectivity index (χ3n) is 5.46. The highest BCUT2D eigenvalue weighted by molar-refractivity contribution is 7.89. The van der Waals surface area contributed by atoms with Gasteiger partial charge in [0.05, 0.1) is 17.3 Å². The van der Waals surface area contributed by atoms with Crippen molar-refractivity contribution < 1.29 is 17.7 Å². The van der Waals surface area contributed by atoms with E-state index in [0.717, 1.165) is 5.69 Å². The fourth-order valence-corrected chi connectivity index (χ4v) is 5.97. The highest BCUT2D eigenvalue weighted by atomic mass is 35.5. The summed E-state index contributed by atoms with van der Waals surface area (Å²) in [4.78, 5) is 13.2. The SMILES string of the molecule is Cc1cc(NC(=O)C2CCCN(S(=O)(=O)c3c(C)noc3C)C2)n(-c2cccc(Cl)c2)n1. The van der Waals surface area contributed by atoms with E-state index >= 15 is 0 Å². The van der Waals surface area contributed by atoms with Crippen molar-refractivity contribution >= 4 is 33.3 Å². The Bertz CT molecular complexity index is 1250. The molecular weight excluding hydrogens is 454 g/mol. The Morgan fingerprint density at radius 3 is 2.72 bits per heavy atom. The van der Waals surface area contributed by atoms with Crippen molar-refractivity contribution in [3.05, 3.63) is 52.5 Å². The zero-order valence-electron chi connectivity index (χ0n) is 18.0. The molecule has 1 aliphatic rings. The van der Waals surface area contributed by atoms with E-state index in [1.165, 1.54) is 4.31 Å². The fourth-order valence-electron chi connectivity index (χ4n) is 3.97. The molecule has 1 unspecified atom stereocenters. The predicted octanol–water partition coefficient (Wildman–Crippen LogP) is 3.48. The van der Waals surface area contributed by atoms with E-state index in [1.54, 1.807) is 42.8 Å². The van der Waals surface area contributed by atoms with Crippen molar-refractivity contribution in [2.24, 2.45) is 5.92 Å². The van der Waals surface area contributed by atoms with Crippen LogP contribution in [0.4, 0.5) is 5.82 Å². The van der Waals surface area contributed by atoms with Gasteiger partial charge in [0.15, 0.2) is 5.76 Å². The summed E-state index contributed by atoms with van der Waals surface area (Å²) in [7, 11) is -3.81. The van der Waals surface area contributed by atoms with Crippen LogP contribution in [0.5, 0.6) is 0 Å². The van der Waals surface area contributed by atoms with Crippen molar-refractivity contribution in [3.8, 4) is 5.69 Å². The van der Waals surface area contributed by atoms with Crippen molar-refractivity contribution in [2.45, 2.75) is 38.5 Å². The topological polar surface area (TPSA) is 110 Å². The fraction of sp³-hybridized carbons (Fsp3) is 0.381. The molecule has 170 valence electrons. The van der Waals surface area contributed by atoms with Crippen LogP contribution < -0.4 is 5.32 Å². The lowest BCUT2D eigenvalue weighted by Gasteiger charge is -2.31. The van der Waals surface area contributed by atoms with Gasteiger partial charge in [-0.15, -0.1) is 0 Å². The maximum atomic E-state index is 13.2. The zero-order chi connectivity index (χ0) is 23.0. The molecule has 1 N–H and O–H groups in total. The number of rotatable bonds is 5. The maximum Gasteiger partial charge on any atom is 0.248 e. The molecule has 11 heteroatoms. The van der Waals surface area contributed by atoms with E-state index in [-0.39, 0.29) is 23.1 Å². The molecule has 32 heavy (non-hydrogen) atoms. The van der Waals surface area contributed by atoms with E-state index in [9.17, 15) is 13.2 Å². The standard InChI is InChI=1S/C21H24ClN5O4S/c1-13-10-19(27(24-13)18-8-4-7-17(22)11-18)23-21(28)16-6-5-9-26(12-16)32(29,30)20-14(2)25-31-15(20)3/h4,7-8,10-11,16H,5-6,9,12H2,1-3H3,(H,23,28). The summed E-state index contributed by atoms with van der Waals surface area (Å²) in [6, 6.07) is 8.92. The van der Waals surface area contributed by atoms with Gasteiger partial charge in [0.1, 0.15) is 16.4 Å². The number of anilines is 1. The van der Waals surface area contributed by atoms with E-state index < -0.39 is 15.9 Å². The minimum atomic E-state index is -3.81. The van der Waals surface area contributed by atoms with Crippen molar-refractivity contribution in [1.29, 1.82) is 0 Å². The second-order valence-corrected chi connectivity index (χ2v) is 10.2. The Kier molecular flexibility index (Phi) is 6.11. The molecule has 0 aliphatic carbocycles. The monoisotopic (exact) mass is 477 g/mol. The molecule has 9 nitrogen and oxygen atoms in total. The van der Waals surface area contributed by atoms with Gasteiger partial charge in [0.25, 0.3) is 0 Å². The van der Waals surface area contributed by atoms with Crippen LogP contribution in [0.3, 0.4) is 0 Å². The van der Waals surface area contributed by atoms with Gasteiger partial charge < -0.3 is 9.84 Å². The normalized spacial score (nSPS) is 17.4. The molecule has 0 saturated carbocycles. The molecular formula is C21H24ClN5O4S. The molecule has 3 heterocycles. The van der Waals surface area contributed by atoms with Crippen molar-refractivity contribution in [2.75, 3.05) is 18.4 Å². The van der Waals surface area contributed by atoms with Crippen LogP contribution in [-0.4, -0.2) is 46.7 Å². The summed E-state index contributed by atoms with van der Waals surface area (Å²) in [5, 5.41) is 11.7. The first-order valence-electron chi connectivity index (χ1n) is 10.2. The van der Waals surface area contributed by atoms with Crippen LogP contribution >= 0.6 is 11.6 Å². The molecule has 0 spiro atoms. The molecule has 3 aromatic rings. The van der Waals surface area contributed by atoms with E-state index in [0.29, 0.717) is 41.6 Å². The van der Waals surface area contributed by atoms with Gasteiger partial charge in [-0.2, -0.15) is 9.40 Å². The predicted molar refractivity (Wildman–Crippen MR) is 119 cm³/mol. The third-order valence-corrected chi connectivity index (χ3v) is 7.80. The third kappa shape index (κ3) is 4.30. The minimum Gasteiger partial charge on any atom is -0.360 e. The number of carbonyl (C=O) groups is 1. The summed E-state index contributed by atoms with van der Waals surface area (Å²) in [6.07, 6.45) is 1.16. The second kappa shape index (κ2) is 8.68. The number of aryl methyl sites for hydroxylation is 3. The maximum absolute atomic E-state index is 13.2. The molecule has 1 saturated heterocycles. The lowest BCUT2D eigenvalue weighted by atomic mass is 9.99. The van der Waals surface area contributed by atoms with Gasteiger partial charge in [-0.05, 0) is 51.8 Å². The average molecular weight is 478 g/mol. The zero-order valence-corrected chi connectivity index (χ0v) is 19.6. The van der Waals surface area contributed by atoms with Crippen LogP contribution in [-0.2, 0) is 14.8 Å². The number of nitrogens with one attached hydrogen (secondary N) is 1.